The van der Waals surface area contributed by atoms with Gasteiger partial charge in [0, 0.05) is 43.1 Å². The predicted molar refractivity (Wildman–Crippen MR) is 92.2 cm³/mol. The zero-order chi connectivity index (χ0) is 17.3. The minimum atomic E-state index is -0.110. The van der Waals surface area contributed by atoms with Crippen LogP contribution in [0.5, 0.6) is 0 Å². The summed E-state index contributed by atoms with van der Waals surface area (Å²) >= 11 is 0. The van der Waals surface area contributed by atoms with E-state index >= 15 is 0 Å². The molecule has 1 unspecified atom stereocenters. The molecule has 0 aromatic carbocycles. The van der Waals surface area contributed by atoms with Gasteiger partial charge in [-0.3, -0.25) is 9.48 Å². The second-order valence-electron chi connectivity index (χ2n) is 6.46. The summed E-state index contributed by atoms with van der Waals surface area (Å²) in [6, 6.07) is 1.91. The molecular weight excluding hydrogens is 304 g/mol. The molecule has 1 saturated heterocycles. The lowest BCUT2D eigenvalue weighted by Crippen LogP contribution is -2.48. The van der Waals surface area contributed by atoms with Gasteiger partial charge in [0.1, 0.15) is 17.8 Å². The van der Waals surface area contributed by atoms with Crippen molar-refractivity contribution in [2.75, 3.05) is 18.0 Å². The van der Waals surface area contributed by atoms with Crippen LogP contribution in [0.4, 0.5) is 5.82 Å². The molecule has 7 nitrogen and oxygen atoms in total. The highest BCUT2D eigenvalue weighted by Crippen LogP contribution is 2.22. The van der Waals surface area contributed by atoms with Crippen molar-refractivity contribution in [1.82, 2.24) is 25.1 Å². The molecule has 1 atom stereocenters. The van der Waals surface area contributed by atoms with Gasteiger partial charge < -0.3 is 10.2 Å². The number of anilines is 1. The summed E-state index contributed by atoms with van der Waals surface area (Å²) in [7, 11) is 1.84. The highest BCUT2D eigenvalue weighted by atomic mass is 16.2. The topological polar surface area (TPSA) is 75.9 Å². The standard InChI is InChI=1S/C17H24N6O/c1-11-8-15(21-22(11)4)17(24)20-14-6-5-7-23(9-14)16-12(2)13(3)18-10-19-16/h8,10,14H,5-7,9H2,1-4H3,(H,20,24). The number of carbonyl (C=O) groups is 1. The third kappa shape index (κ3) is 3.25. The Kier molecular flexibility index (Phi) is 4.51. The van der Waals surface area contributed by atoms with Crippen LogP contribution in [0.15, 0.2) is 12.4 Å². The first-order chi connectivity index (χ1) is 11.5. The van der Waals surface area contributed by atoms with Crippen molar-refractivity contribution < 1.29 is 4.79 Å². The summed E-state index contributed by atoms with van der Waals surface area (Å²) in [5.74, 6) is 0.858. The minimum Gasteiger partial charge on any atom is -0.354 e. The third-order valence-corrected chi connectivity index (χ3v) is 4.71. The molecule has 2 aromatic rings. The second kappa shape index (κ2) is 6.59. The molecule has 0 aliphatic carbocycles. The minimum absolute atomic E-state index is 0.100. The molecule has 0 spiro atoms. The molecule has 1 aliphatic heterocycles. The number of rotatable bonds is 3. The Labute approximate surface area is 142 Å². The Morgan fingerprint density at radius 3 is 2.79 bits per heavy atom. The molecule has 128 valence electrons. The van der Waals surface area contributed by atoms with E-state index in [1.54, 1.807) is 11.0 Å². The van der Waals surface area contributed by atoms with Crippen LogP contribution in [0.25, 0.3) is 0 Å². The van der Waals surface area contributed by atoms with Gasteiger partial charge in [-0.1, -0.05) is 0 Å². The van der Waals surface area contributed by atoms with E-state index in [0.29, 0.717) is 5.69 Å². The summed E-state index contributed by atoms with van der Waals surface area (Å²) in [4.78, 5) is 23.3. The fourth-order valence-electron chi connectivity index (χ4n) is 3.06. The van der Waals surface area contributed by atoms with Gasteiger partial charge in [-0.05, 0) is 39.7 Å². The largest absolute Gasteiger partial charge is 0.354 e. The van der Waals surface area contributed by atoms with E-state index in [1.807, 2.05) is 33.9 Å². The fourth-order valence-corrected chi connectivity index (χ4v) is 3.06. The SMILES string of the molecule is Cc1ncnc(N2CCCC(NC(=O)c3cc(C)n(C)n3)C2)c1C. The average molecular weight is 328 g/mol. The van der Waals surface area contributed by atoms with Crippen LogP contribution in [0.1, 0.15) is 40.3 Å². The van der Waals surface area contributed by atoms with E-state index < -0.39 is 0 Å². The van der Waals surface area contributed by atoms with Crippen molar-refractivity contribution in [3.8, 4) is 0 Å². The van der Waals surface area contributed by atoms with E-state index in [4.69, 9.17) is 0 Å². The van der Waals surface area contributed by atoms with Crippen molar-refractivity contribution in [1.29, 1.82) is 0 Å². The van der Waals surface area contributed by atoms with Gasteiger partial charge in [-0.25, -0.2) is 9.97 Å². The first kappa shape index (κ1) is 16.4. The zero-order valence-electron chi connectivity index (χ0n) is 14.7. The summed E-state index contributed by atoms with van der Waals surface area (Å²) in [6.07, 6.45) is 3.60. The van der Waals surface area contributed by atoms with Crippen molar-refractivity contribution in [2.24, 2.45) is 7.05 Å². The van der Waals surface area contributed by atoms with Crippen LogP contribution in [0, 0.1) is 20.8 Å². The van der Waals surface area contributed by atoms with Gasteiger partial charge in [-0.15, -0.1) is 0 Å². The van der Waals surface area contributed by atoms with E-state index in [2.05, 4.69) is 25.3 Å². The van der Waals surface area contributed by atoms with Gasteiger partial charge >= 0.3 is 0 Å². The van der Waals surface area contributed by atoms with E-state index in [9.17, 15) is 4.79 Å². The Hall–Kier alpha value is -2.44. The number of amides is 1. The molecule has 24 heavy (non-hydrogen) atoms. The lowest BCUT2D eigenvalue weighted by atomic mass is 10.0. The summed E-state index contributed by atoms with van der Waals surface area (Å²) in [5, 5.41) is 7.36. The quantitative estimate of drug-likeness (QED) is 0.925. The first-order valence-corrected chi connectivity index (χ1v) is 8.30. The van der Waals surface area contributed by atoms with Gasteiger partial charge in [0.25, 0.3) is 5.91 Å². The summed E-state index contributed by atoms with van der Waals surface area (Å²) in [6.45, 7) is 7.68. The highest BCUT2D eigenvalue weighted by molar-refractivity contribution is 5.92. The number of nitrogens with one attached hydrogen (secondary N) is 1. The van der Waals surface area contributed by atoms with Gasteiger partial charge in [0.15, 0.2) is 0 Å². The lowest BCUT2D eigenvalue weighted by molar-refractivity contribution is 0.0927. The molecule has 1 fully saturated rings. The zero-order valence-corrected chi connectivity index (χ0v) is 14.7. The number of nitrogens with zero attached hydrogens (tertiary/aromatic N) is 5. The smallest absolute Gasteiger partial charge is 0.272 e. The van der Waals surface area contributed by atoms with Gasteiger partial charge in [0.05, 0.1) is 0 Å². The van der Waals surface area contributed by atoms with E-state index in [-0.39, 0.29) is 11.9 Å². The van der Waals surface area contributed by atoms with Crippen LogP contribution in [-0.2, 0) is 7.05 Å². The Morgan fingerprint density at radius 2 is 2.08 bits per heavy atom. The van der Waals surface area contributed by atoms with Crippen LogP contribution >= 0.6 is 0 Å². The van der Waals surface area contributed by atoms with Crippen molar-refractivity contribution in [3.63, 3.8) is 0 Å². The van der Waals surface area contributed by atoms with Gasteiger partial charge in [-0.2, -0.15) is 5.10 Å². The normalized spacial score (nSPS) is 17.8. The number of hydrogen-bond donors (Lipinski definition) is 1. The molecule has 7 heteroatoms. The predicted octanol–water partition coefficient (Wildman–Crippen LogP) is 1.53. The van der Waals surface area contributed by atoms with Crippen LogP contribution in [-0.4, -0.2) is 44.8 Å². The Balaban J connectivity index is 1.69. The molecule has 1 N–H and O–H groups in total. The molecule has 2 aromatic heterocycles. The summed E-state index contributed by atoms with van der Waals surface area (Å²) < 4.78 is 1.72. The number of aromatic nitrogens is 4. The monoisotopic (exact) mass is 328 g/mol. The Morgan fingerprint density at radius 1 is 1.29 bits per heavy atom. The van der Waals surface area contributed by atoms with Crippen molar-refractivity contribution >= 4 is 11.7 Å². The molecule has 1 amide bonds. The average Bonchev–Trinajstić information content (AvgIpc) is 2.90. The molecule has 0 saturated carbocycles. The van der Waals surface area contributed by atoms with Gasteiger partial charge in [0.2, 0.25) is 0 Å². The molecule has 3 rings (SSSR count). The maximum absolute atomic E-state index is 12.4. The molecular formula is C17H24N6O. The lowest BCUT2D eigenvalue weighted by Gasteiger charge is -2.34. The number of carbonyl (C=O) groups excluding carboxylic acids is 1. The van der Waals surface area contributed by atoms with Crippen LogP contribution < -0.4 is 10.2 Å². The molecule has 0 bridgehead atoms. The molecule has 3 heterocycles. The van der Waals surface area contributed by atoms with E-state index in [1.165, 1.54) is 0 Å². The fraction of sp³-hybridized carbons (Fsp3) is 0.529. The van der Waals surface area contributed by atoms with Crippen molar-refractivity contribution in [3.05, 3.63) is 35.0 Å². The first-order valence-electron chi connectivity index (χ1n) is 8.30. The third-order valence-electron chi connectivity index (χ3n) is 4.71. The number of hydrogen-bond acceptors (Lipinski definition) is 5. The highest BCUT2D eigenvalue weighted by Gasteiger charge is 2.25. The van der Waals surface area contributed by atoms with E-state index in [0.717, 1.165) is 48.7 Å². The van der Waals surface area contributed by atoms with Crippen LogP contribution in [0.3, 0.4) is 0 Å². The number of piperidine rings is 1. The maximum atomic E-state index is 12.4. The Bertz CT molecular complexity index is 734. The van der Waals surface area contributed by atoms with Crippen molar-refractivity contribution in [2.45, 2.75) is 39.7 Å². The summed E-state index contributed by atoms with van der Waals surface area (Å²) in [5.41, 5.74) is 3.54. The molecule has 1 aliphatic rings. The second-order valence-corrected chi connectivity index (χ2v) is 6.46. The molecule has 0 radical (unpaired) electrons. The maximum Gasteiger partial charge on any atom is 0.272 e. The number of aryl methyl sites for hydroxylation is 3. The van der Waals surface area contributed by atoms with Crippen LogP contribution in [0.2, 0.25) is 0 Å².